The van der Waals surface area contributed by atoms with Crippen molar-refractivity contribution in [2.45, 2.75) is 50.8 Å². The Kier molecular flexibility index (Phi) is 6.67. The van der Waals surface area contributed by atoms with Crippen molar-refractivity contribution in [2.75, 3.05) is 6.61 Å². The average molecular weight is 356 g/mol. The molecule has 0 amide bonds. The lowest BCUT2D eigenvalue weighted by Crippen LogP contribution is -2.40. The summed E-state index contributed by atoms with van der Waals surface area (Å²) in [5.41, 5.74) is 0.663. The molecule has 9 heteroatoms. The number of ether oxygens (including phenoxy) is 1. The second-order valence-corrected chi connectivity index (χ2v) is 8.00. The zero-order valence-corrected chi connectivity index (χ0v) is 14.1. The van der Waals surface area contributed by atoms with Crippen LogP contribution in [0.5, 0.6) is 5.88 Å². The molecule has 0 saturated heterocycles. The fraction of sp³-hybridized carbons (Fsp3) is 0.643. The monoisotopic (exact) mass is 356 g/mol. The van der Waals surface area contributed by atoms with Crippen LogP contribution in [-0.2, 0) is 11.4 Å². The number of hydrogen-bond donors (Lipinski definition) is 1. The maximum absolute atomic E-state index is 12.7. The van der Waals surface area contributed by atoms with Gasteiger partial charge in [-0.3, -0.25) is 0 Å². The largest absolute Gasteiger partial charge is 0.598 e. The van der Waals surface area contributed by atoms with Gasteiger partial charge in [-0.15, -0.1) is 4.72 Å². The zero-order valence-electron chi connectivity index (χ0n) is 13.3. The summed E-state index contributed by atoms with van der Waals surface area (Å²) in [7, 11) is 0. The van der Waals surface area contributed by atoms with Crippen LogP contribution in [0.3, 0.4) is 0 Å². The van der Waals surface area contributed by atoms with Crippen molar-refractivity contribution in [3.05, 3.63) is 23.9 Å². The van der Waals surface area contributed by atoms with Gasteiger partial charge in [-0.1, -0.05) is 6.07 Å². The molecule has 1 heterocycles. The van der Waals surface area contributed by atoms with E-state index < -0.39 is 35.1 Å². The highest BCUT2D eigenvalue weighted by atomic mass is 32.2. The highest BCUT2D eigenvalue weighted by Gasteiger charge is 2.41. The van der Waals surface area contributed by atoms with Crippen LogP contribution in [0.2, 0.25) is 0 Å². The van der Waals surface area contributed by atoms with E-state index in [9.17, 15) is 22.1 Å². The molecule has 1 N–H and O–H groups in total. The topological polar surface area (TPSA) is 57.2 Å². The quantitative estimate of drug-likeness (QED) is 0.600. The highest BCUT2D eigenvalue weighted by molar-refractivity contribution is 7.90. The second kappa shape index (κ2) is 7.67. The van der Waals surface area contributed by atoms with Crippen LogP contribution in [0.4, 0.5) is 17.6 Å². The number of hydrogen-bond acceptors (Lipinski definition) is 4. The van der Waals surface area contributed by atoms with Crippen molar-refractivity contribution < 1.29 is 26.9 Å². The van der Waals surface area contributed by atoms with Crippen LogP contribution < -0.4 is 9.46 Å². The van der Waals surface area contributed by atoms with Crippen molar-refractivity contribution >= 4 is 11.4 Å². The number of halogens is 4. The van der Waals surface area contributed by atoms with E-state index in [-0.39, 0.29) is 11.9 Å². The Bertz CT molecular complexity index is 495. The predicted molar refractivity (Wildman–Crippen MR) is 80.1 cm³/mol. The lowest BCUT2D eigenvalue weighted by Gasteiger charge is -2.26. The van der Waals surface area contributed by atoms with Crippen molar-refractivity contribution in [2.24, 2.45) is 0 Å². The number of aromatic nitrogens is 1. The number of rotatable bonds is 7. The van der Waals surface area contributed by atoms with E-state index in [1.807, 2.05) is 20.8 Å². The van der Waals surface area contributed by atoms with Gasteiger partial charge in [0.05, 0.1) is 6.04 Å². The van der Waals surface area contributed by atoms with Gasteiger partial charge in [0, 0.05) is 23.6 Å². The number of alkyl halides is 4. The van der Waals surface area contributed by atoms with Gasteiger partial charge in [0.15, 0.2) is 6.61 Å². The first-order chi connectivity index (χ1) is 10.4. The molecule has 0 aliphatic rings. The number of pyridine rings is 1. The molecule has 1 aromatic rings. The molecular weight excluding hydrogens is 336 g/mol. The smallest absolute Gasteiger partial charge is 0.340 e. The van der Waals surface area contributed by atoms with Gasteiger partial charge in [0.1, 0.15) is 4.75 Å². The van der Waals surface area contributed by atoms with Crippen LogP contribution in [0.25, 0.3) is 0 Å². The molecule has 1 rings (SSSR count). The molecule has 23 heavy (non-hydrogen) atoms. The van der Waals surface area contributed by atoms with E-state index in [1.165, 1.54) is 12.3 Å². The molecule has 4 nitrogen and oxygen atoms in total. The van der Waals surface area contributed by atoms with Crippen LogP contribution in [0.1, 0.15) is 39.3 Å². The summed E-state index contributed by atoms with van der Waals surface area (Å²) in [6, 6.07) is 2.55. The maximum atomic E-state index is 12.7. The fourth-order valence-electron chi connectivity index (χ4n) is 1.37. The molecule has 0 bridgehead atoms. The first kappa shape index (κ1) is 20.0. The Balaban J connectivity index is 2.63. The molecule has 0 aromatic carbocycles. The second-order valence-electron chi connectivity index (χ2n) is 6.00. The van der Waals surface area contributed by atoms with Crippen LogP contribution in [0.15, 0.2) is 18.3 Å². The molecule has 0 saturated carbocycles. The Labute approximate surface area is 135 Å². The Morgan fingerprint density at radius 1 is 1.30 bits per heavy atom. The minimum absolute atomic E-state index is 0.182. The summed E-state index contributed by atoms with van der Waals surface area (Å²) in [6.07, 6.45) is -2.44. The first-order valence-corrected chi connectivity index (χ1v) is 8.01. The van der Waals surface area contributed by atoms with Crippen LogP contribution in [0, 0.1) is 0 Å². The summed E-state index contributed by atoms with van der Waals surface area (Å²) < 4.78 is 68.6. The van der Waals surface area contributed by atoms with Crippen LogP contribution in [-0.4, -0.2) is 33.2 Å². The first-order valence-electron chi connectivity index (χ1n) is 6.86. The van der Waals surface area contributed by atoms with Gasteiger partial charge < -0.3 is 9.29 Å². The summed E-state index contributed by atoms with van der Waals surface area (Å²) in [6.45, 7) is 5.79. The van der Waals surface area contributed by atoms with Gasteiger partial charge in [-0.05, 0) is 33.3 Å². The molecule has 0 radical (unpaired) electrons. The minimum Gasteiger partial charge on any atom is -0.598 e. The number of nitrogens with zero attached hydrogens (tertiary/aromatic N) is 1. The summed E-state index contributed by atoms with van der Waals surface area (Å²) >= 11 is -1.29. The molecule has 0 aliphatic heterocycles. The normalized spacial score (nSPS) is 15.6. The SMILES string of the molecule is C[C@@H](N[S@+]([O-])C(C)(C)C)c1ccc(OCC(F)(F)C(F)F)nc1. The Morgan fingerprint density at radius 2 is 1.91 bits per heavy atom. The van der Waals surface area contributed by atoms with E-state index in [2.05, 4.69) is 14.4 Å². The van der Waals surface area contributed by atoms with E-state index in [0.29, 0.717) is 5.56 Å². The lowest BCUT2D eigenvalue weighted by molar-refractivity contribution is -0.148. The average Bonchev–Trinajstić information content (AvgIpc) is 2.44. The van der Waals surface area contributed by atoms with Crippen molar-refractivity contribution in [3.63, 3.8) is 0 Å². The van der Waals surface area contributed by atoms with E-state index in [0.717, 1.165) is 0 Å². The third kappa shape index (κ3) is 6.15. The summed E-state index contributed by atoms with van der Waals surface area (Å²) in [5.74, 6) is -4.41. The molecule has 0 unspecified atom stereocenters. The van der Waals surface area contributed by atoms with Gasteiger partial charge in [-0.2, -0.15) is 8.78 Å². The molecule has 0 spiro atoms. The van der Waals surface area contributed by atoms with Gasteiger partial charge >= 0.3 is 12.3 Å². The summed E-state index contributed by atoms with van der Waals surface area (Å²) in [4.78, 5) is 3.79. The Morgan fingerprint density at radius 3 is 2.35 bits per heavy atom. The van der Waals surface area contributed by atoms with E-state index >= 15 is 0 Å². The minimum atomic E-state index is -4.22. The standard InChI is InChI=1S/C14H20F4N2O2S/c1-9(20-23(21)13(2,3)4)10-5-6-11(19-7-10)22-8-14(17,18)12(15)16/h5-7,9,12,20H,8H2,1-4H3/t9-,23-/m1/s1. The highest BCUT2D eigenvalue weighted by Crippen LogP contribution is 2.24. The molecule has 0 aliphatic carbocycles. The Hall–Kier alpha value is -1.06. The van der Waals surface area contributed by atoms with Crippen LogP contribution >= 0.6 is 0 Å². The zero-order chi connectivity index (χ0) is 17.8. The molecule has 1 aromatic heterocycles. The fourth-order valence-corrected chi connectivity index (χ4v) is 2.18. The predicted octanol–water partition coefficient (Wildman–Crippen LogP) is 3.47. The molecule has 0 fully saturated rings. The third-order valence-electron chi connectivity index (χ3n) is 2.83. The van der Waals surface area contributed by atoms with Gasteiger partial charge in [0.25, 0.3) is 0 Å². The van der Waals surface area contributed by atoms with Crippen molar-refractivity contribution in [1.29, 1.82) is 0 Å². The summed E-state index contributed by atoms with van der Waals surface area (Å²) in [5, 5.41) is 0. The van der Waals surface area contributed by atoms with Gasteiger partial charge in [-0.25, -0.2) is 13.8 Å². The van der Waals surface area contributed by atoms with Crippen molar-refractivity contribution in [1.82, 2.24) is 9.71 Å². The molecular formula is C14H20F4N2O2S. The van der Waals surface area contributed by atoms with Gasteiger partial charge in [0.2, 0.25) is 5.88 Å². The van der Waals surface area contributed by atoms with Crippen molar-refractivity contribution in [3.8, 4) is 5.88 Å². The lowest BCUT2D eigenvalue weighted by atomic mass is 10.2. The molecule has 132 valence electrons. The molecule has 2 atom stereocenters. The third-order valence-corrected chi connectivity index (χ3v) is 4.51. The maximum Gasteiger partial charge on any atom is 0.340 e. The number of nitrogens with one attached hydrogen (secondary N) is 1. The van der Waals surface area contributed by atoms with E-state index in [1.54, 1.807) is 13.0 Å². The van der Waals surface area contributed by atoms with E-state index in [4.69, 9.17) is 0 Å².